The predicted molar refractivity (Wildman–Crippen MR) is 88.3 cm³/mol. The molecule has 1 aromatic carbocycles. The second kappa shape index (κ2) is 7.11. The van der Waals surface area contributed by atoms with E-state index in [4.69, 9.17) is 5.73 Å². The van der Waals surface area contributed by atoms with Gasteiger partial charge in [-0.15, -0.1) is 24.8 Å². The van der Waals surface area contributed by atoms with Gasteiger partial charge < -0.3 is 10.7 Å². The van der Waals surface area contributed by atoms with Crippen LogP contribution < -0.4 is 5.73 Å². The summed E-state index contributed by atoms with van der Waals surface area (Å²) in [6.45, 7) is 4.29. The lowest BCUT2D eigenvalue weighted by molar-refractivity contribution is 0.100. The predicted octanol–water partition coefficient (Wildman–Crippen LogP) is 2.66. The fourth-order valence-corrected chi connectivity index (χ4v) is 2.92. The second-order valence-corrected chi connectivity index (χ2v) is 4.97. The highest BCUT2D eigenvalue weighted by Gasteiger charge is 2.27. The van der Waals surface area contributed by atoms with Crippen LogP contribution in [0.15, 0.2) is 18.2 Å². The van der Waals surface area contributed by atoms with Crippen molar-refractivity contribution >= 4 is 41.8 Å². The van der Waals surface area contributed by atoms with Crippen LogP contribution in [0, 0.1) is 0 Å². The van der Waals surface area contributed by atoms with E-state index in [1.54, 1.807) is 6.07 Å². The zero-order chi connectivity index (χ0) is 13.4. The first-order valence-corrected chi connectivity index (χ1v) is 6.73. The number of H-pyrrole nitrogens is 1. The molecule has 0 spiro atoms. The van der Waals surface area contributed by atoms with Crippen molar-refractivity contribution in [1.82, 2.24) is 14.9 Å². The summed E-state index contributed by atoms with van der Waals surface area (Å²) < 4.78 is 0. The van der Waals surface area contributed by atoms with Gasteiger partial charge in [-0.2, -0.15) is 0 Å². The number of nitrogens with one attached hydrogen (secondary N) is 1. The molecule has 0 radical (unpaired) electrons. The minimum absolute atomic E-state index is 0. The molecule has 1 atom stereocenters. The van der Waals surface area contributed by atoms with E-state index >= 15 is 0 Å². The molecule has 1 aliphatic heterocycles. The smallest absolute Gasteiger partial charge is 0.250 e. The number of fused-ring (bicyclic) bond motifs is 1. The van der Waals surface area contributed by atoms with Gasteiger partial charge in [0.05, 0.1) is 17.1 Å². The molecule has 2 aromatic rings. The van der Waals surface area contributed by atoms with E-state index in [0.717, 1.165) is 30.9 Å². The van der Waals surface area contributed by atoms with Crippen LogP contribution in [-0.4, -0.2) is 33.9 Å². The van der Waals surface area contributed by atoms with Gasteiger partial charge in [-0.25, -0.2) is 4.98 Å². The minimum atomic E-state index is -0.428. The van der Waals surface area contributed by atoms with Crippen LogP contribution in [0.3, 0.4) is 0 Å². The highest BCUT2D eigenvalue weighted by Crippen LogP contribution is 2.31. The Balaban J connectivity index is 0.00000110. The maximum atomic E-state index is 11.4. The van der Waals surface area contributed by atoms with Gasteiger partial charge in [0, 0.05) is 0 Å². The van der Waals surface area contributed by atoms with Crippen LogP contribution >= 0.6 is 24.8 Å². The number of rotatable bonds is 3. The van der Waals surface area contributed by atoms with Gasteiger partial charge in [-0.05, 0) is 38.1 Å². The number of aromatic amines is 1. The minimum Gasteiger partial charge on any atom is -0.366 e. The zero-order valence-corrected chi connectivity index (χ0v) is 13.5. The molecule has 2 heterocycles. The Kier molecular flexibility index (Phi) is 6.01. The lowest BCUT2D eigenvalue weighted by atomic mass is 10.2. The van der Waals surface area contributed by atoms with Crippen LogP contribution in [0.1, 0.15) is 42.0 Å². The molecule has 1 fully saturated rings. The number of amides is 1. The first-order valence-electron chi connectivity index (χ1n) is 6.73. The maximum absolute atomic E-state index is 11.4. The summed E-state index contributed by atoms with van der Waals surface area (Å²) in [5, 5.41) is 0. The Hall–Kier alpha value is -1.30. The number of benzene rings is 1. The Labute approximate surface area is 136 Å². The van der Waals surface area contributed by atoms with Crippen LogP contribution in [-0.2, 0) is 0 Å². The molecule has 7 heteroatoms. The first kappa shape index (κ1) is 17.8. The van der Waals surface area contributed by atoms with E-state index in [2.05, 4.69) is 21.8 Å². The molecule has 3 N–H and O–H groups in total. The number of hydrogen-bond acceptors (Lipinski definition) is 3. The van der Waals surface area contributed by atoms with Crippen molar-refractivity contribution in [3.8, 4) is 0 Å². The third kappa shape index (κ3) is 3.15. The van der Waals surface area contributed by atoms with Crippen LogP contribution in [0.25, 0.3) is 11.0 Å². The molecule has 3 rings (SSSR count). The molecule has 1 aromatic heterocycles. The average Bonchev–Trinajstić information content (AvgIpc) is 3.03. The first-order chi connectivity index (χ1) is 9.20. The fourth-order valence-electron chi connectivity index (χ4n) is 2.92. The molecule has 0 unspecified atom stereocenters. The van der Waals surface area contributed by atoms with E-state index in [9.17, 15) is 4.79 Å². The SMILES string of the molecule is CCN1CCC[C@@H]1c1nc2c(C(N)=O)cccc2[nH]1.Cl.Cl. The molecule has 0 bridgehead atoms. The average molecular weight is 331 g/mol. The van der Waals surface area contributed by atoms with Crippen molar-refractivity contribution in [2.75, 3.05) is 13.1 Å². The molecule has 0 aliphatic carbocycles. The molecule has 1 amide bonds. The Bertz CT molecular complexity index is 628. The normalized spacial score (nSPS) is 18.2. The number of primary amides is 1. The summed E-state index contributed by atoms with van der Waals surface area (Å²) >= 11 is 0. The standard InChI is InChI=1S/C14H18N4O.2ClH/c1-2-18-8-4-7-11(18)14-16-10-6-3-5-9(13(15)19)12(10)17-14;;/h3,5-6,11H,2,4,7-8H2,1H3,(H2,15,19)(H,16,17);2*1H/t11-;;/m1../s1. The van der Waals surface area contributed by atoms with Crippen molar-refractivity contribution in [3.63, 3.8) is 0 Å². The molecule has 0 saturated carbocycles. The van der Waals surface area contributed by atoms with Gasteiger partial charge in [-0.3, -0.25) is 9.69 Å². The lowest BCUT2D eigenvalue weighted by Crippen LogP contribution is -2.23. The number of carbonyl (C=O) groups excluding carboxylic acids is 1. The van der Waals surface area contributed by atoms with E-state index < -0.39 is 5.91 Å². The van der Waals surface area contributed by atoms with Crippen molar-refractivity contribution in [1.29, 1.82) is 0 Å². The van der Waals surface area contributed by atoms with Gasteiger partial charge >= 0.3 is 0 Å². The van der Waals surface area contributed by atoms with Gasteiger partial charge in [0.1, 0.15) is 11.3 Å². The molecular formula is C14H20Cl2N4O. The van der Waals surface area contributed by atoms with Crippen molar-refractivity contribution in [2.24, 2.45) is 5.73 Å². The number of imidazole rings is 1. The molecule has 5 nitrogen and oxygen atoms in total. The van der Waals surface area contributed by atoms with Gasteiger partial charge in [0.15, 0.2) is 0 Å². The van der Waals surface area contributed by atoms with E-state index in [-0.39, 0.29) is 24.8 Å². The van der Waals surface area contributed by atoms with Crippen LogP contribution in [0.4, 0.5) is 0 Å². The second-order valence-electron chi connectivity index (χ2n) is 4.97. The van der Waals surface area contributed by atoms with Crippen molar-refractivity contribution in [3.05, 3.63) is 29.6 Å². The summed E-state index contributed by atoms with van der Waals surface area (Å²) in [6, 6.07) is 5.82. The number of carbonyl (C=O) groups is 1. The quantitative estimate of drug-likeness (QED) is 0.908. The van der Waals surface area contributed by atoms with Crippen LogP contribution in [0.2, 0.25) is 0 Å². The van der Waals surface area contributed by atoms with E-state index in [1.165, 1.54) is 6.42 Å². The topological polar surface area (TPSA) is 75.0 Å². The highest BCUT2D eigenvalue weighted by molar-refractivity contribution is 6.04. The van der Waals surface area contributed by atoms with Gasteiger partial charge in [-0.1, -0.05) is 13.0 Å². The number of halogens is 2. The molecule has 21 heavy (non-hydrogen) atoms. The largest absolute Gasteiger partial charge is 0.366 e. The van der Waals surface area contributed by atoms with Gasteiger partial charge in [0.25, 0.3) is 5.91 Å². The van der Waals surface area contributed by atoms with E-state index in [1.807, 2.05) is 12.1 Å². The highest BCUT2D eigenvalue weighted by atomic mass is 35.5. The summed E-state index contributed by atoms with van der Waals surface area (Å²) in [7, 11) is 0. The number of aromatic nitrogens is 2. The third-order valence-electron chi connectivity index (χ3n) is 3.88. The molecule has 1 aliphatic rings. The number of nitrogens with two attached hydrogens (primary N) is 1. The number of nitrogens with zero attached hydrogens (tertiary/aromatic N) is 2. The Morgan fingerprint density at radius 1 is 1.48 bits per heavy atom. The summed E-state index contributed by atoms with van der Waals surface area (Å²) in [4.78, 5) is 21.8. The van der Waals surface area contributed by atoms with Crippen molar-refractivity contribution in [2.45, 2.75) is 25.8 Å². The van der Waals surface area contributed by atoms with E-state index in [0.29, 0.717) is 17.1 Å². The van der Waals surface area contributed by atoms with Crippen LogP contribution in [0.5, 0.6) is 0 Å². The Morgan fingerprint density at radius 2 is 2.24 bits per heavy atom. The fraction of sp³-hybridized carbons (Fsp3) is 0.429. The number of likely N-dealkylation sites (tertiary alicyclic amines) is 1. The lowest BCUT2D eigenvalue weighted by Gasteiger charge is -2.20. The molecular weight excluding hydrogens is 311 g/mol. The molecule has 116 valence electrons. The summed E-state index contributed by atoms with van der Waals surface area (Å²) in [5.74, 6) is 0.519. The number of para-hydroxylation sites is 1. The monoisotopic (exact) mass is 330 g/mol. The summed E-state index contributed by atoms with van der Waals surface area (Å²) in [5.41, 5.74) is 7.45. The molecule has 1 saturated heterocycles. The maximum Gasteiger partial charge on any atom is 0.250 e. The zero-order valence-electron chi connectivity index (χ0n) is 11.8. The third-order valence-corrected chi connectivity index (χ3v) is 3.88. The summed E-state index contributed by atoms with van der Waals surface area (Å²) in [6.07, 6.45) is 2.30. The Morgan fingerprint density at radius 3 is 2.90 bits per heavy atom. The van der Waals surface area contributed by atoms with Gasteiger partial charge in [0.2, 0.25) is 0 Å². The van der Waals surface area contributed by atoms with Crippen molar-refractivity contribution < 1.29 is 4.79 Å². The number of hydrogen-bond donors (Lipinski definition) is 2.